The van der Waals surface area contributed by atoms with Crippen LogP contribution in [-0.4, -0.2) is 18.1 Å². The molecule has 0 radical (unpaired) electrons. The summed E-state index contributed by atoms with van der Waals surface area (Å²) >= 11 is 0. The molecule has 0 fully saturated rings. The van der Waals surface area contributed by atoms with Gasteiger partial charge in [-0.05, 0) is 35.9 Å². The van der Waals surface area contributed by atoms with Gasteiger partial charge in [0.1, 0.15) is 12.4 Å². The highest BCUT2D eigenvalue weighted by Crippen LogP contribution is 2.17. The van der Waals surface area contributed by atoms with E-state index < -0.39 is 0 Å². The Bertz CT molecular complexity index is 913. The number of guanidine groups is 1. The van der Waals surface area contributed by atoms with Gasteiger partial charge < -0.3 is 20.5 Å². The van der Waals surface area contributed by atoms with Crippen molar-refractivity contribution in [2.45, 2.75) is 19.8 Å². The summed E-state index contributed by atoms with van der Waals surface area (Å²) in [6.45, 7) is 1.38. The van der Waals surface area contributed by atoms with Crippen LogP contribution in [0.1, 0.15) is 16.8 Å². The van der Waals surface area contributed by atoms with E-state index >= 15 is 0 Å². The lowest BCUT2D eigenvalue weighted by Gasteiger charge is -2.11. The van der Waals surface area contributed by atoms with Crippen LogP contribution in [0, 0.1) is 0 Å². The van der Waals surface area contributed by atoms with E-state index in [1.807, 2.05) is 66.7 Å². The average molecular weight is 376 g/mol. The molecule has 0 unspecified atom stereocenters. The van der Waals surface area contributed by atoms with Gasteiger partial charge in [0.25, 0.3) is 0 Å². The molecule has 0 atom stereocenters. The minimum absolute atomic E-state index is 0.350. The highest BCUT2D eigenvalue weighted by Gasteiger charge is 2.03. The van der Waals surface area contributed by atoms with Crippen molar-refractivity contribution >= 4 is 11.6 Å². The van der Waals surface area contributed by atoms with Crippen LogP contribution in [0.15, 0.2) is 77.9 Å². The number of aliphatic imine (C=N–C) groups is 1. The topological polar surface area (TPSA) is 81.8 Å². The van der Waals surface area contributed by atoms with Crippen molar-refractivity contribution in [3.05, 3.63) is 89.7 Å². The molecule has 0 aliphatic heterocycles. The fraction of sp³-hybridized carbons (Fsp3) is 0.182. The molecule has 0 aliphatic rings. The van der Waals surface area contributed by atoms with Gasteiger partial charge in [0.05, 0.1) is 18.8 Å². The second-order valence-corrected chi connectivity index (χ2v) is 6.17. The van der Waals surface area contributed by atoms with E-state index in [2.05, 4.69) is 15.3 Å². The van der Waals surface area contributed by atoms with E-state index in [1.165, 1.54) is 0 Å². The molecule has 3 rings (SSSR count). The van der Waals surface area contributed by atoms with Crippen molar-refractivity contribution in [3.8, 4) is 5.75 Å². The van der Waals surface area contributed by atoms with E-state index in [0.29, 0.717) is 25.7 Å². The van der Waals surface area contributed by atoms with Gasteiger partial charge in [-0.1, -0.05) is 36.4 Å². The van der Waals surface area contributed by atoms with Crippen molar-refractivity contribution in [2.24, 2.45) is 10.7 Å². The summed E-state index contributed by atoms with van der Waals surface area (Å²) in [5, 5.41) is 3.14. The molecule has 1 heterocycles. The zero-order valence-electron chi connectivity index (χ0n) is 15.8. The van der Waals surface area contributed by atoms with Crippen LogP contribution in [0.5, 0.6) is 5.75 Å². The number of pyridine rings is 1. The molecule has 1 aromatic heterocycles. The summed E-state index contributed by atoms with van der Waals surface area (Å²) in [5.41, 5.74) is 9.85. The van der Waals surface area contributed by atoms with Crippen LogP contribution in [0.25, 0.3) is 0 Å². The van der Waals surface area contributed by atoms with Gasteiger partial charge in [-0.25, -0.2) is 4.99 Å². The molecule has 2 aromatic carbocycles. The first-order valence-electron chi connectivity index (χ1n) is 9.00. The first-order chi connectivity index (χ1) is 13.7. The number of hydrogen-bond donors (Lipinski definition) is 2. The Morgan fingerprint density at radius 3 is 2.71 bits per heavy atom. The number of nitrogens with zero attached hydrogens (tertiary/aromatic N) is 2. The second kappa shape index (κ2) is 10.1. The van der Waals surface area contributed by atoms with E-state index in [0.717, 1.165) is 28.3 Å². The third-order valence-electron chi connectivity index (χ3n) is 4.02. The van der Waals surface area contributed by atoms with Crippen molar-refractivity contribution < 1.29 is 9.47 Å². The Labute approximate surface area is 165 Å². The number of para-hydroxylation sites is 1. The monoisotopic (exact) mass is 376 g/mol. The summed E-state index contributed by atoms with van der Waals surface area (Å²) in [7, 11) is 1.66. The van der Waals surface area contributed by atoms with Crippen LogP contribution in [-0.2, 0) is 24.5 Å². The minimum atomic E-state index is 0.350. The van der Waals surface area contributed by atoms with E-state index in [-0.39, 0.29) is 0 Å². The lowest BCUT2D eigenvalue weighted by molar-refractivity contribution is 0.185. The number of rotatable bonds is 8. The van der Waals surface area contributed by atoms with Gasteiger partial charge in [0, 0.05) is 24.6 Å². The number of ether oxygens (including phenoxy) is 2. The Morgan fingerprint density at radius 1 is 1.04 bits per heavy atom. The second-order valence-electron chi connectivity index (χ2n) is 6.17. The van der Waals surface area contributed by atoms with E-state index in [4.69, 9.17) is 15.2 Å². The number of methoxy groups -OCH3 is 1. The average Bonchev–Trinajstić information content (AvgIpc) is 2.73. The number of anilines is 1. The zero-order chi connectivity index (χ0) is 19.6. The van der Waals surface area contributed by atoms with Crippen LogP contribution in [0.2, 0.25) is 0 Å². The molecule has 144 valence electrons. The number of benzene rings is 2. The number of nitrogens with two attached hydrogens (primary N) is 1. The fourth-order valence-corrected chi connectivity index (χ4v) is 2.65. The quantitative estimate of drug-likeness (QED) is 0.462. The first kappa shape index (κ1) is 19.4. The smallest absolute Gasteiger partial charge is 0.193 e. The van der Waals surface area contributed by atoms with Gasteiger partial charge in [-0.3, -0.25) is 4.98 Å². The number of hydrogen-bond acceptors (Lipinski definition) is 4. The molecule has 0 spiro atoms. The van der Waals surface area contributed by atoms with Gasteiger partial charge in [0.2, 0.25) is 0 Å². The molecule has 28 heavy (non-hydrogen) atoms. The highest BCUT2D eigenvalue weighted by atomic mass is 16.5. The fourth-order valence-electron chi connectivity index (χ4n) is 2.65. The summed E-state index contributed by atoms with van der Waals surface area (Å²) in [4.78, 5) is 8.68. The Balaban J connectivity index is 1.59. The molecular weight excluding hydrogens is 352 g/mol. The lowest BCUT2D eigenvalue weighted by Crippen LogP contribution is -2.23. The number of aromatic nitrogens is 1. The normalized spacial score (nSPS) is 11.2. The number of nitrogens with one attached hydrogen (secondary N) is 1. The zero-order valence-corrected chi connectivity index (χ0v) is 15.8. The third kappa shape index (κ3) is 5.82. The molecule has 0 amide bonds. The largest absolute Gasteiger partial charge is 0.487 e. The molecule has 0 bridgehead atoms. The summed E-state index contributed by atoms with van der Waals surface area (Å²) < 4.78 is 11.0. The third-order valence-corrected chi connectivity index (χ3v) is 4.02. The Morgan fingerprint density at radius 2 is 1.89 bits per heavy atom. The molecular formula is C22H24N4O2. The van der Waals surface area contributed by atoms with Gasteiger partial charge >= 0.3 is 0 Å². The van der Waals surface area contributed by atoms with Crippen LogP contribution < -0.4 is 15.8 Å². The summed E-state index contributed by atoms with van der Waals surface area (Å²) in [6, 6.07) is 21.4. The summed E-state index contributed by atoms with van der Waals surface area (Å²) in [6.07, 6.45) is 1.75. The minimum Gasteiger partial charge on any atom is -0.487 e. The molecule has 3 aromatic rings. The van der Waals surface area contributed by atoms with Crippen LogP contribution >= 0.6 is 0 Å². The van der Waals surface area contributed by atoms with Gasteiger partial charge in [-0.2, -0.15) is 0 Å². The Hall–Kier alpha value is -3.38. The highest BCUT2D eigenvalue weighted by molar-refractivity contribution is 5.92. The molecule has 6 nitrogen and oxygen atoms in total. The molecule has 6 heteroatoms. The van der Waals surface area contributed by atoms with Crippen molar-refractivity contribution in [1.29, 1.82) is 0 Å². The summed E-state index contributed by atoms with van der Waals surface area (Å²) in [5.74, 6) is 1.12. The van der Waals surface area contributed by atoms with Crippen molar-refractivity contribution in [2.75, 3.05) is 12.4 Å². The van der Waals surface area contributed by atoms with Crippen molar-refractivity contribution in [1.82, 2.24) is 4.98 Å². The SMILES string of the molecule is COCc1ccccc1NC(N)=NCc1cccc(OCc2ccccn2)c1. The maximum Gasteiger partial charge on any atom is 0.193 e. The molecule has 3 N–H and O–H groups in total. The molecule has 0 aliphatic carbocycles. The van der Waals surface area contributed by atoms with Crippen molar-refractivity contribution in [3.63, 3.8) is 0 Å². The van der Waals surface area contributed by atoms with E-state index in [1.54, 1.807) is 13.3 Å². The predicted molar refractivity (Wildman–Crippen MR) is 111 cm³/mol. The standard InChI is InChI=1S/C22H24N4O2/c1-27-15-18-8-2-3-11-21(18)26-22(23)25-14-17-7-6-10-20(13-17)28-16-19-9-4-5-12-24-19/h2-13H,14-16H2,1H3,(H3,23,25,26). The molecule has 0 saturated heterocycles. The lowest BCUT2D eigenvalue weighted by atomic mass is 10.2. The van der Waals surface area contributed by atoms with Gasteiger partial charge in [0.15, 0.2) is 5.96 Å². The first-order valence-corrected chi connectivity index (χ1v) is 9.00. The van der Waals surface area contributed by atoms with Crippen LogP contribution in [0.4, 0.5) is 5.69 Å². The van der Waals surface area contributed by atoms with Crippen LogP contribution in [0.3, 0.4) is 0 Å². The van der Waals surface area contributed by atoms with Gasteiger partial charge in [-0.15, -0.1) is 0 Å². The Kier molecular flexibility index (Phi) is 6.98. The maximum absolute atomic E-state index is 6.05. The molecule has 0 saturated carbocycles. The maximum atomic E-state index is 6.05. The predicted octanol–water partition coefficient (Wildman–Crippen LogP) is 3.73. The van der Waals surface area contributed by atoms with E-state index in [9.17, 15) is 0 Å².